The smallest absolute Gasteiger partial charge is 0.407 e. The molecule has 0 heterocycles. The number of carbonyl (C=O) groups is 12. The van der Waals surface area contributed by atoms with Crippen molar-refractivity contribution in [3.63, 3.8) is 0 Å². The number of hydrogen-bond donors (Lipinski definition) is 10. The van der Waals surface area contributed by atoms with E-state index in [0.29, 0.717) is 35.0 Å². The van der Waals surface area contributed by atoms with Crippen LogP contribution in [0.5, 0.6) is 5.75 Å². The Labute approximate surface area is 575 Å². The highest BCUT2D eigenvalue weighted by Crippen LogP contribution is 2.44. The number of alkyl carbamates (subject to hydrolysis) is 1. The fourth-order valence-corrected chi connectivity index (χ4v) is 11.3. The van der Waals surface area contributed by atoms with E-state index < -0.39 is 132 Å². The van der Waals surface area contributed by atoms with Gasteiger partial charge in [0.25, 0.3) is 0 Å². The number of esters is 2. The zero-order valence-electron chi connectivity index (χ0n) is 56.8. The number of methoxy groups -OCH3 is 1. The number of nitrogens with zero attached hydrogens (tertiary/aromatic N) is 1. The minimum Gasteiger partial charge on any atom is -0.496 e. The molecular formula is C69H96BrN11O16. The predicted octanol–water partition coefficient (Wildman–Crippen LogP) is 4.90. The summed E-state index contributed by atoms with van der Waals surface area (Å²) in [5, 5.41) is 20.7. The highest BCUT2D eigenvalue weighted by Gasteiger charge is 2.41. The van der Waals surface area contributed by atoms with Crippen molar-refractivity contribution >= 4 is 87.3 Å². The molecule has 11 amide bonds. The van der Waals surface area contributed by atoms with Crippen LogP contribution in [0, 0.1) is 11.8 Å². The minimum absolute atomic E-state index is 0.00182. The first kappa shape index (κ1) is 80.1. The SMILES string of the molecule is C=CCOC(=O)[C@H](CCC=CCCC(=O)NC)NC(=O)[C@H](CCCNC(N)=O)NC(=O)[C@@H](NC(=O)[C@H](CCC(N)=O)NC(=O)CCC)[C@@H](C)OC(=O)[C@@H](NC(=O)[C@H](Cc1ccc(OC)c(Br)c1)N(C)C(=O)[C@@H](NC(=O)OCC1c2ccccc2-c2ccccc21)[C@@H](C)CC)C(C)C. The van der Waals surface area contributed by atoms with E-state index in [1.54, 1.807) is 58.0 Å². The van der Waals surface area contributed by atoms with Gasteiger partial charge in [0, 0.05) is 52.2 Å². The number of hydrogen-bond acceptors (Lipinski definition) is 16. The molecule has 1 aliphatic rings. The molecule has 0 fully saturated rings. The maximum absolute atomic E-state index is 15.1. The van der Waals surface area contributed by atoms with Gasteiger partial charge in [0.15, 0.2) is 0 Å². The Morgan fingerprint density at radius 3 is 1.88 bits per heavy atom. The zero-order valence-corrected chi connectivity index (χ0v) is 58.3. The lowest BCUT2D eigenvalue weighted by atomic mass is 9.96. The van der Waals surface area contributed by atoms with Gasteiger partial charge in [0.1, 0.15) is 67.4 Å². The number of rotatable bonds is 41. The highest BCUT2D eigenvalue weighted by molar-refractivity contribution is 9.10. The van der Waals surface area contributed by atoms with Gasteiger partial charge in [0.2, 0.25) is 47.3 Å². The van der Waals surface area contributed by atoms with Crippen molar-refractivity contribution in [2.45, 2.75) is 173 Å². The molecule has 0 aliphatic heterocycles. The third-order valence-corrected chi connectivity index (χ3v) is 17.0. The van der Waals surface area contributed by atoms with Crippen molar-refractivity contribution in [2.75, 3.05) is 41.0 Å². The van der Waals surface area contributed by atoms with Crippen LogP contribution in [0.4, 0.5) is 9.59 Å². The summed E-state index contributed by atoms with van der Waals surface area (Å²) in [6, 6.07) is 9.40. The first-order chi connectivity index (χ1) is 46.2. The van der Waals surface area contributed by atoms with Crippen molar-refractivity contribution < 1.29 is 76.5 Å². The summed E-state index contributed by atoms with van der Waals surface area (Å²) in [5.74, 6) is -9.27. The quantitative estimate of drug-likeness (QED) is 0.0156. The molecule has 27 nitrogen and oxygen atoms in total. The van der Waals surface area contributed by atoms with Gasteiger partial charge in [-0.15, -0.1) is 0 Å². The number of fused-ring (bicyclic) bond motifs is 3. The van der Waals surface area contributed by atoms with E-state index in [2.05, 4.69) is 65.0 Å². The van der Waals surface area contributed by atoms with Crippen LogP contribution >= 0.6 is 15.9 Å². The molecule has 0 saturated carbocycles. The molecule has 0 radical (unpaired) electrons. The van der Waals surface area contributed by atoms with Crippen LogP contribution in [-0.4, -0.2) is 166 Å². The van der Waals surface area contributed by atoms with Crippen LogP contribution < -0.4 is 58.7 Å². The summed E-state index contributed by atoms with van der Waals surface area (Å²) in [6.07, 6.45) is 2.66. The Morgan fingerprint density at radius 2 is 1.29 bits per heavy atom. The first-order valence-corrected chi connectivity index (χ1v) is 33.4. The number of carbonyl (C=O) groups excluding carboxylic acids is 12. The second-order valence-corrected chi connectivity index (χ2v) is 24.8. The summed E-state index contributed by atoms with van der Waals surface area (Å²) < 4.78 is 23.2. The lowest BCUT2D eigenvalue weighted by Gasteiger charge is -2.34. The van der Waals surface area contributed by atoms with Gasteiger partial charge in [-0.25, -0.2) is 19.2 Å². The van der Waals surface area contributed by atoms with E-state index in [9.17, 15) is 47.9 Å². The van der Waals surface area contributed by atoms with Crippen molar-refractivity contribution in [3.8, 4) is 16.9 Å². The molecular weight excluding hydrogens is 1320 g/mol. The van der Waals surface area contributed by atoms with Crippen LogP contribution in [0.1, 0.15) is 135 Å². The normalized spacial score (nSPS) is 14.3. The number of ether oxygens (including phenoxy) is 4. The monoisotopic (exact) mass is 1410 g/mol. The van der Waals surface area contributed by atoms with E-state index in [1.165, 1.54) is 39.1 Å². The van der Waals surface area contributed by atoms with Gasteiger partial charge in [-0.3, -0.25) is 38.4 Å². The fourth-order valence-electron chi connectivity index (χ4n) is 10.7. The molecule has 0 saturated heterocycles. The Hall–Kier alpha value is -9.34. The number of allylic oxidation sites excluding steroid dienone is 2. The number of primary amides is 2. The molecule has 9 atom stereocenters. The number of benzene rings is 3. The Bertz CT molecular complexity index is 3230. The molecule has 97 heavy (non-hydrogen) atoms. The standard InChI is InChI=1S/C69H96BrN11O16/c1-11-23-57(84)75-51(32-34-55(71)82)62(86)79-60(64(88)76-50(29-22-35-74-68(72)92)61(85)77-52(66(90)95-36-12-2)28-16-14-15-17-30-56(83)73-8)42(7)97-67(91)58(40(4)5)78-63(87)53(38-43-31-33-54(94-10)49(70)37-43)81(9)65(89)59(41(6)13-3)80-69(93)96-39-48-46-26-20-18-24-44(46)45-25-19-21-27-47(45)48/h12,14-15,18-21,24-27,31,33,37,40-42,48,50-53,58-60H,2,11,13,16-17,22-23,28-30,32,34-36,38-39H2,1,3-10H3,(H2,71,82)(H,73,83)(H,75,84)(H,76,88)(H,77,85)(H,78,87)(H,79,86)(H,80,93)(H3,72,74,92)/t41-,42+,50-,51-,52-,53-,58-,59-,60-/m0/s1. The van der Waals surface area contributed by atoms with Crippen molar-refractivity contribution in [3.05, 3.63) is 113 Å². The highest BCUT2D eigenvalue weighted by atomic mass is 79.9. The second-order valence-electron chi connectivity index (χ2n) is 23.9. The molecule has 0 aromatic heterocycles. The van der Waals surface area contributed by atoms with Gasteiger partial charge < -0.3 is 77.8 Å². The third kappa shape index (κ3) is 25.3. The topological polar surface area (TPSA) is 393 Å². The number of likely N-dealkylation sites (N-methyl/N-ethyl adjacent to an activating group) is 1. The summed E-state index contributed by atoms with van der Waals surface area (Å²) in [4.78, 5) is 166. The molecule has 0 unspecified atom stereocenters. The number of amides is 11. The zero-order chi connectivity index (χ0) is 71.9. The molecule has 3 aromatic carbocycles. The summed E-state index contributed by atoms with van der Waals surface area (Å²) in [6.45, 7) is 13.0. The second kappa shape index (κ2) is 40.9. The summed E-state index contributed by atoms with van der Waals surface area (Å²) in [7, 11) is 4.38. The van der Waals surface area contributed by atoms with E-state index in [0.717, 1.165) is 22.3 Å². The summed E-state index contributed by atoms with van der Waals surface area (Å²) in [5.41, 5.74) is 15.3. The van der Waals surface area contributed by atoms with Crippen LogP contribution in [0.25, 0.3) is 11.1 Å². The minimum atomic E-state index is -1.93. The molecule has 0 spiro atoms. The predicted molar refractivity (Wildman–Crippen MR) is 365 cm³/mol. The number of urea groups is 1. The maximum Gasteiger partial charge on any atom is 0.407 e. The van der Waals surface area contributed by atoms with Gasteiger partial charge in [-0.05, 0) is 120 Å². The first-order valence-electron chi connectivity index (χ1n) is 32.6. The van der Waals surface area contributed by atoms with Crippen LogP contribution in [0.2, 0.25) is 0 Å². The fraction of sp³-hybridized carbons (Fsp3) is 0.507. The number of nitrogens with one attached hydrogen (secondary N) is 8. The van der Waals surface area contributed by atoms with E-state index in [4.69, 9.17) is 30.4 Å². The molecule has 530 valence electrons. The Morgan fingerprint density at radius 1 is 0.670 bits per heavy atom. The molecule has 1 aliphatic carbocycles. The Kier molecular flexibility index (Phi) is 33.8. The lowest BCUT2D eigenvalue weighted by molar-refractivity contribution is -0.157. The largest absolute Gasteiger partial charge is 0.496 e. The molecule has 4 rings (SSSR count). The molecule has 28 heteroatoms. The lowest BCUT2D eigenvalue weighted by Crippen LogP contribution is -2.61. The van der Waals surface area contributed by atoms with Crippen LogP contribution in [0.3, 0.4) is 0 Å². The van der Waals surface area contributed by atoms with Crippen molar-refractivity contribution in [1.29, 1.82) is 0 Å². The van der Waals surface area contributed by atoms with E-state index in [1.807, 2.05) is 55.5 Å². The van der Waals surface area contributed by atoms with Crippen molar-refractivity contribution in [1.82, 2.24) is 47.4 Å². The molecule has 3 aromatic rings. The number of nitrogens with two attached hydrogens (primary N) is 2. The summed E-state index contributed by atoms with van der Waals surface area (Å²) >= 11 is 3.50. The van der Waals surface area contributed by atoms with Crippen LogP contribution in [0.15, 0.2) is 96.0 Å². The van der Waals surface area contributed by atoms with Gasteiger partial charge in [0.05, 0.1) is 11.6 Å². The van der Waals surface area contributed by atoms with Gasteiger partial charge >= 0.3 is 24.1 Å². The number of halogens is 1. The van der Waals surface area contributed by atoms with E-state index in [-0.39, 0.29) is 83.0 Å². The third-order valence-electron chi connectivity index (χ3n) is 16.4. The Balaban J connectivity index is 1.72. The average molecular weight is 1420 g/mol. The van der Waals surface area contributed by atoms with E-state index >= 15 is 9.59 Å². The van der Waals surface area contributed by atoms with Gasteiger partial charge in [-0.1, -0.05) is 120 Å². The van der Waals surface area contributed by atoms with Gasteiger partial charge in [-0.2, -0.15) is 0 Å². The molecule has 0 bridgehead atoms. The van der Waals surface area contributed by atoms with Crippen LogP contribution in [-0.2, 0) is 68.6 Å². The average Bonchev–Trinajstić information content (AvgIpc) is 1.67. The molecule has 12 N–H and O–H groups in total. The maximum atomic E-state index is 15.1. The van der Waals surface area contributed by atoms with Crippen molar-refractivity contribution in [2.24, 2.45) is 23.3 Å².